The van der Waals surface area contributed by atoms with E-state index < -0.39 is 23.8 Å². The number of halogens is 1. The second-order valence-electron chi connectivity index (χ2n) is 5.54. The van der Waals surface area contributed by atoms with Gasteiger partial charge in [-0.25, -0.2) is 9.69 Å². The summed E-state index contributed by atoms with van der Waals surface area (Å²) in [5.41, 5.74) is 2.04. The molecule has 4 amide bonds. The maximum absolute atomic E-state index is 12.7. The zero-order chi connectivity index (χ0) is 18.0. The Morgan fingerprint density at radius 1 is 1.12 bits per heavy atom. The Kier molecular flexibility index (Phi) is 4.93. The second kappa shape index (κ2) is 7.14. The van der Waals surface area contributed by atoms with E-state index in [-0.39, 0.29) is 0 Å². The molecule has 3 rings (SSSR count). The molecular formula is C18H14IN3O3. The van der Waals surface area contributed by atoms with Crippen LogP contribution in [0.3, 0.4) is 0 Å². The van der Waals surface area contributed by atoms with Crippen LogP contribution in [0, 0.1) is 16.4 Å². The van der Waals surface area contributed by atoms with Crippen molar-refractivity contribution in [1.82, 2.24) is 5.32 Å². The fourth-order valence-corrected chi connectivity index (χ4v) is 2.90. The lowest BCUT2D eigenvalue weighted by Crippen LogP contribution is -2.58. The van der Waals surface area contributed by atoms with Crippen LogP contribution in [0.4, 0.5) is 16.2 Å². The first-order valence-corrected chi connectivity index (χ1v) is 8.59. The van der Waals surface area contributed by atoms with Gasteiger partial charge in [-0.3, -0.25) is 19.9 Å². The number of rotatable bonds is 3. The standard InChI is InChI=1S/C18H14IN3O3/c1-11-5-7-14(8-6-11)22-17(24)15(16(23)21-18(22)25)10-20-13-4-2-3-12(19)9-13/h2-10,15H,1H3,(H,21,23,25)/t15-/m0/s1. The molecule has 0 saturated carbocycles. The van der Waals surface area contributed by atoms with Gasteiger partial charge >= 0.3 is 6.03 Å². The number of amides is 4. The van der Waals surface area contributed by atoms with Crippen molar-refractivity contribution in [3.63, 3.8) is 0 Å². The van der Waals surface area contributed by atoms with Gasteiger partial charge in [0.05, 0.1) is 11.4 Å². The molecule has 1 heterocycles. The maximum Gasteiger partial charge on any atom is 0.335 e. The summed E-state index contributed by atoms with van der Waals surface area (Å²) in [7, 11) is 0. The van der Waals surface area contributed by atoms with Crippen molar-refractivity contribution < 1.29 is 14.4 Å². The molecule has 1 N–H and O–H groups in total. The van der Waals surface area contributed by atoms with Crippen LogP contribution in [0.1, 0.15) is 5.56 Å². The van der Waals surface area contributed by atoms with Gasteiger partial charge in [0.25, 0.3) is 5.91 Å². The molecule has 1 fully saturated rings. The van der Waals surface area contributed by atoms with Gasteiger partial charge in [0.1, 0.15) is 0 Å². The Bertz CT molecular complexity index is 877. The smallest absolute Gasteiger partial charge is 0.276 e. The van der Waals surface area contributed by atoms with Crippen molar-refractivity contribution in [2.45, 2.75) is 6.92 Å². The van der Waals surface area contributed by atoms with Crippen LogP contribution < -0.4 is 10.2 Å². The van der Waals surface area contributed by atoms with Crippen molar-refractivity contribution in [3.8, 4) is 0 Å². The van der Waals surface area contributed by atoms with Crippen LogP contribution in [0.2, 0.25) is 0 Å². The van der Waals surface area contributed by atoms with Gasteiger partial charge in [-0.15, -0.1) is 0 Å². The summed E-state index contributed by atoms with van der Waals surface area (Å²) in [5, 5.41) is 2.21. The highest BCUT2D eigenvalue weighted by molar-refractivity contribution is 14.1. The van der Waals surface area contributed by atoms with Gasteiger partial charge in [-0.2, -0.15) is 0 Å². The number of nitrogens with one attached hydrogen (secondary N) is 1. The van der Waals surface area contributed by atoms with Crippen LogP contribution in [0.5, 0.6) is 0 Å². The van der Waals surface area contributed by atoms with E-state index in [9.17, 15) is 14.4 Å². The molecule has 0 bridgehead atoms. The van der Waals surface area contributed by atoms with Gasteiger partial charge < -0.3 is 0 Å². The molecule has 2 aromatic carbocycles. The maximum atomic E-state index is 12.7. The summed E-state index contributed by atoms with van der Waals surface area (Å²) < 4.78 is 0.989. The molecule has 0 radical (unpaired) electrons. The third-order valence-electron chi connectivity index (χ3n) is 3.68. The van der Waals surface area contributed by atoms with Crippen molar-refractivity contribution >= 4 is 58.0 Å². The largest absolute Gasteiger partial charge is 0.335 e. The first-order chi connectivity index (χ1) is 12.0. The molecule has 25 heavy (non-hydrogen) atoms. The number of urea groups is 1. The number of aliphatic imine (C=N–C) groups is 1. The molecule has 2 aromatic rings. The van der Waals surface area contributed by atoms with Gasteiger partial charge in [-0.1, -0.05) is 23.8 Å². The van der Waals surface area contributed by atoms with Crippen molar-refractivity contribution in [3.05, 3.63) is 57.7 Å². The highest BCUT2D eigenvalue weighted by Gasteiger charge is 2.40. The first kappa shape index (κ1) is 17.3. The van der Waals surface area contributed by atoms with E-state index in [1.165, 1.54) is 6.21 Å². The molecule has 7 heteroatoms. The molecular weight excluding hydrogens is 433 g/mol. The van der Waals surface area contributed by atoms with E-state index in [0.29, 0.717) is 11.4 Å². The number of carbonyl (C=O) groups excluding carboxylic acids is 3. The molecule has 1 aliphatic rings. The quantitative estimate of drug-likeness (QED) is 0.446. The van der Waals surface area contributed by atoms with Crippen LogP contribution in [0.15, 0.2) is 53.5 Å². The normalized spacial score (nSPS) is 17.9. The number of benzene rings is 2. The molecule has 1 aliphatic heterocycles. The first-order valence-electron chi connectivity index (χ1n) is 7.51. The number of barbiturate groups is 1. The fraction of sp³-hybridized carbons (Fsp3) is 0.111. The summed E-state index contributed by atoms with van der Waals surface area (Å²) in [6, 6.07) is 13.5. The number of carbonyl (C=O) groups is 3. The van der Waals surface area contributed by atoms with E-state index in [1.807, 2.05) is 25.1 Å². The second-order valence-corrected chi connectivity index (χ2v) is 6.78. The summed E-state index contributed by atoms with van der Waals surface area (Å²) >= 11 is 2.15. The van der Waals surface area contributed by atoms with Gasteiger partial charge in [0.15, 0.2) is 5.92 Å². The Labute approximate surface area is 158 Å². The molecule has 0 unspecified atom stereocenters. The SMILES string of the molecule is Cc1ccc(N2C(=O)NC(=O)[C@H](C=Nc3cccc(I)c3)C2=O)cc1. The van der Waals surface area contributed by atoms with Crippen molar-refractivity contribution in [2.75, 3.05) is 4.90 Å². The van der Waals surface area contributed by atoms with E-state index >= 15 is 0 Å². The zero-order valence-corrected chi connectivity index (χ0v) is 15.4. The van der Waals surface area contributed by atoms with Crippen molar-refractivity contribution in [1.29, 1.82) is 0 Å². The minimum Gasteiger partial charge on any atom is -0.276 e. The van der Waals surface area contributed by atoms with E-state index in [1.54, 1.807) is 30.3 Å². The molecule has 1 saturated heterocycles. The number of aryl methyl sites for hydroxylation is 1. The predicted molar refractivity (Wildman–Crippen MR) is 103 cm³/mol. The number of nitrogens with zero attached hydrogens (tertiary/aromatic N) is 2. The lowest BCUT2D eigenvalue weighted by atomic mass is 10.1. The highest BCUT2D eigenvalue weighted by Crippen LogP contribution is 2.21. The van der Waals surface area contributed by atoms with Crippen LogP contribution >= 0.6 is 22.6 Å². The topological polar surface area (TPSA) is 78.8 Å². The zero-order valence-electron chi connectivity index (χ0n) is 13.3. The summed E-state index contributed by atoms with van der Waals surface area (Å²) in [5.74, 6) is -2.45. The molecule has 0 aliphatic carbocycles. The van der Waals surface area contributed by atoms with E-state index in [0.717, 1.165) is 14.0 Å². The minimum absolute atomic E-state index is 0.410. The predicted octanol–water partition coefficient (Wildman–Crippen LogP) is 3.20. The average molecular weight is 447 g/mol. The molecule has 0 aromatic heterocycles. The van der Waals surface area contributed by atoms with Gasteiger partial charge in [0, 0.05) is 9.78 Å². The Balaban J connectivity index is 1.89. The summed E-state index contributed by atoms with van der Waals surface area (Å²) in [6.07, 6.45) is 1.27. The van der Waals surface area contributed by atoms with Crippen LogP contribution in [-0.4, -0.2) is 24.1 Å². The number of hydrogen-bond acceptors (Lipinski definition) is 4. The van der Waals surface area contributed by atoms with Crippen LogP contribution in [0.25, 0.3) is 0 Å². The third kappa shape index (κ3) is 3.76. The van der Waals surface area contributed by atoms with E-state index in [2.05, 4.69) is 32.9 Å². The summed E-state index contributed by atoms with van der Waals surface area (Å²) in [6.45, 7) is 1.90. The number of hydrogen-bond donors (Lipinski definition) is 1. The van der Waals surface area contributed by atoms with Crippen molar-refractivity contribution in [2.24, 2.45) is 10.9 Å². The molecule has 6 nitrogen and oxygen atoms in total. The molecule has 0 spiro atoms. The fourth-order valence-electron chi connectivity index (χ4n) is 2.38. The monoisotopic (exact) mass is 447 g/mol. The Morgan fingerprint density at radius 2 is 1.84 bits per heavy atom. The average Bonchev–Trinajstić information content (AvgIpc) is 2.56. The highest BCUT2D eigenvalue weighted by atomic mass is 127. The number of imide groups is 2. The minimum atomic E-state index is -1.16. The van der Waals surface area contributed by atoms with Crippen LogP contribution in [-0.2, 0) is 9.59 Å². The lowest BCUT2D eigenvalue weighted by Gasteiger charge is -2.28. The number of anilines is 1. The lowest BCUT2D eigenvalue weighted by molar-refractivity contribution is -0.131. The molecule has 1 atom stereocenters. The third-order valence-corrected chi connectivity index (χ3v) is 4.35. The Hall–Kier alpha value is -2.55. The Morgan fingerprint density at radius 3 is 2.52 bits per heavy atom. The molecule has 126 valence electrons. The van der Waals surface area contributed by atoms with Gasteiger partial charge in [0.2, 0.25) is 5.91 Å². The van der Waals surface area contributed by atoms with E-state index in [4.69, 9.17) is 0 Å². The van der Waals surface area contributed by atoms with Gasteiger partial charge in [-0.05, 0) is 59.8 Å². The summed E-state index contributed by atoms with van der Waals surface area (Å²) in [4.78, 5) is 42.0.